The molecule has 0 saturated carbocycles. The van der Waals surface area contributed by atoms with Gasteiger partial charge in [-0.2, -0.15) is 0 Å². The zero-order valence-corrected chi connectivity index (χ0v) is 10.2. The van der Waals surface area contributed by atoms with Crippen LogP contribution in [0.4, 0.5) is 0 Å². The van der Waals surface area contributed by atoms with Crippen molar-refractivity contribution in [3.63, 3.8) is 0 Å². The number of aromatic hydroxyl groups is 1. The summed E-state index contributed by atoms with van der Waals surface area (Å²) < 4.78 is 6.14. The van der Waals surface area contributed by atoms with Crippen LogP contribution in [0.15, 0.2) is 10.5 Å². The highest BCUT2D eigenvalue weighted by molar-refractivity contribution is 9.10. The van der Waals surface area contributed by atoms with E-state index in [9.17, 15) is 5.11 Å². The average Bonchev–Trinajstić information content (AvgIpc) is 2.69. The molecule has 2 N–H and O–H groups in total. The number of ether oxygens (including phenoxy) is 1. The van der Waals surface area contributed by atoms with Gasteiger partial charge >= 0.3 is 0 Å². The fourth-order valence-corrected chi connectivity index (χ4v) is 2.41. The van der Waals surface area contributed by atoms with Crippen LogP contribution in [0.5, 0.6) is 11.5 Å². The van der Waals surface area contributed by atoms with Gasteiger partial charge in [0.1, 0.15) is 16.0 Å². The first-order valence-electron chi connectivity index (χ1n) is 5.04. The lowest BCUT2D eigenvalue weighted by Crippen LogP contribution is -2.10. The minimum atomic E-state index is 0.311. The lowest BCUT2D eigenvalue weighted by atomic mass is 10.0. The summed E-state index contributed by atoms with van der Waals surface area (Å²) in [5.41, 5.74) is 2.16. The number of phenols is 1. The minimum absolute atomic E-state index is 0.311. The number of hydrogen-bond donors (Lipinski definition) is 2. The molecule has 2 rings (SSSR count). The molecule has 1 heterocycles. The van der Waals surface area contributed by atoms with Gasteiger partial charge in [-0.1, -0.05) is 0 Å². The molecule has 0 radical (unpaired) electrons. The summed E-state index contributed by atoms with van der Waals surface area (Å²) in [5.74, 6) is 1.12. The molecule has 0 aliphatic carbocycles. The normalized spacial score (nSPS) is 13.7. The van der Waals surface area contributed by atoms with Gasteiger partial charge < -0.3 is 15.2 Å². The third kappa shape index (κ3) is 1.96. The Balaban J connectivity index is 2.36. The maximum atomic E-state index is 9.93. The molecule has 0 atom stereocenters. The molecule has 3 nitrogen and oxygen atoms in total. The molecule has 0 saturated heterocycles. The smallest absolute Gasteiger partial charge is 0.140 e. The van der Waals surface area contributed by atoms with E-state index < -0.39 is 0 Å². The van der Waals surface area contributed by atoms with E-state index >= 15 is 0 Å². The molecule has 1 aliphatic rings. The van der Waals surface area contributed by atoms with E-state index in [0.717, 1.165) is 30.7 Å². The molecule has 0 bridgehead atoms. The van der Waals surface area contributed by atoms with Gasteiger partial charge in [0.05, 0.1) is 6.61 Å². The third-order valence-electron chi connectivity index (χ3n) is 2.61. The zero-order chi connectivity index (χ0) is 10.8. The van der Waals surface area contributed by atoms with Crippen molar-refractivity contribution in [2.24, 2.45) is 0 Å². The maximum absolute atomic E-state index is 9.93. The maximum Gasteiger partial charge on any atom is 0.140 e. The summed E-state index contributed by atoms with van der Waals surface area (Å²) in [6.07, 6.45) is 1.76. The molecule has 15 heavy (non-hydrogen) atoms. The number of nitrogens with one attached hydrogen (secondary N) is 1. The largest absolute Gasteiger partial charge is 0.506 e. The van der Waals surface area contributed by atoms with Gasteiger partial charge in [-0.15, -0.1) is 0 Å². The number of hydrogen-bond acceptors (Lipinski definition) is 3. The summed E-state index contributed by atoms with van der Waals surface area (Å²) in [6, 6.07) is 2.04. The van der Waals surface area contributed by atoms with Gasteiger partial charge in [0.15, 0.2) is 0 Å². The minimum Gasteiger partial charge on any atom is -0.506 e. The van der Waals surface area contributed by atoms with E-state index in [1.165, 1.54) is 5.56 Å². The first-order chi connectivity index (χ1) is 7.24. The second kappa shape index (κ2) is 4.41. The Bertz CT molecular complexity index is 379. The van der Waals surface area contributed by atoms with E-state index in [4.69, 9.17) is 4.74 Å². The van der Waals surface area contributed by atoms with E-state index in [-0.39, 0.29) is 0 Å². The summed E-state index contributed by atoms with van der Waals surface area (Å²) in [4.78, 5) is 0. The summed E-state index contributed by atoms with van der Waals surface area (Å²) in [6.45, 7) is 1.57. The van der Waals surface area contributed by atoms with Crippen LogP contribution in [0.2, 0.25) is 0 Å². The van der Waals surface area contributed by atoms with Crippen molar-refractivity contribution in [3.8, 4) is 11.5 Å². The standard InChI is InChI=1S/C11H14BrNO2/c1-13-4-2-7-6-8-3-5-15-11(8)9(12)10(7)14/h6,13-14H,2-5H2,1H3. The van der Waals surface area contributed by atoms with E-state index in [2.05, 4.69) is 21.2 Å². The Morgan fingerprint density at radius 1 is 1.60 bits per heavy atom. The van der Waals surface area contributed by atoms with E-state index in [0.29, 0.717) is 16.8 Å². The van der Waals surface area contributed by atoms with Crippen LogP contribution in [-0.2, 0) is 12.8 Å². The highest BCUT2D eigenvalue weighted by Crippen LogP contribution is 2.42. The highest BCUT2D eigenvalue weighted by atomic mass is 79.9. The van der Waals surface area contributed by atoms with Gasteiger partial charge in [-0.3, -0.25) is 0 Å². The SMILES string of the molecule is CNCCc1cc2c(c(Br)c1O)OCC2. The Morgan fingerprint density at radius 2 is 2.40 bits per heavy atom. The first-order valence-corrected chi connectivity index (χ1v) is 5.84. The molecule has 0 amide bonds. The predicted octanol–water partition coefficient (Wildman–Crippen LogP) is 1.85. The van der Waals surface area contributed by atoms with E-state index in [1.807, 2.05) is 13.1 Å². The topological polar surface area (TPSA) is 41.5 Å². The molecular weight excluding hydrogens is 258 g/mol. The predicted molar refractivity (Wildman–Crippen MR) is 62.6 cm³/mol. The number of fused-ring (bicyclic) bond motifs is 1. The van der Waals surface area contributed by atoms with Gasteiger partial charge in [-0.05, 0) is 53.1 Å². The summed E-state index contributed by atoms with van der Waals surface area (Å²) in [5, 5.41) is 13.0. The fourth-order valence-electron chi connectivity index (χ4n) is 1.79. The fraction of sp³-hybridized carbons (Fsp3) is 0.455. The van der Waals surface area contributed by atoms with Crippen molar-refractivity contribution in [2.75, 3.05) is 20.2 Å². The summed E-state index contributed by atoms with van der Waals surface area (Å²) >= 11 is 3.38. The number of phenolic OH excluding ortho intramolecular Hbond substituents is 1. The van der Waals surface area contributed by atoms with Gasteiger partial charge in [-0.25, -0.2) is 0 Å². The van der Waals surface area contributed by atoms with Crippen LogP contribution in [0.25, 0.3) is 0 Å². The van der Waals surface area contributed by atoms with Gasteiger partial charge in [0.2, 0.25) is 0 Å². The van der Waals surface area contributed by atoms with Gasteiger partial charge in [0.25, 0.3) is 0 Å². The van der Waals surface area contributed by atoms with Crippen LogP contribution in [0.1, 0.15) is 11.1 Å². The quantitative estimate of drug-likeness (QED) is 0.882. The highest BCUT2D eigenvalue weighted by Gasteiger charge is 2.20. The number of benzene rings is 1. The molecule has 1 aliphatic heterocycles. The van der Waals surface area contributed by atoms with Crippen LogP contribution in [0, 0.1) is 0 Å². The second-order valence-corrected chi connectivity index (χ2v) is 4.43. The molecule has 0 unspecified atom stereocenters. The lowest BCUT2D eigenvalue weighted by molar-refractivity contribution is 0.352. The van der Waals surface area contributed by atoms with Crippen LogP contribution >= 0.6 is 15.9 Å². The zero-order valence-electron chi connectivity index (χ0n) is 8.64. The lowest BCUT2D eigenvalue weighted by Gasteiger charge is -2.10. The number of halogens is 1. The molecular formula is C11H14BrNO2. The van der Waals surface area contributed by atoms with E-state index in [1.54, 1.807) is 0 Å². The monoisotopic (exact) mass is 271 g/mol. The Labute approximate surface area is 97.6 Å². The molecule has 0 spiro atoms. The van der Waals surface area contributed by atoms with Crippen LogP contribution in [-0.4, -0.2) is 25.3 Å². The Hall–Kier alpha value is -0.740. The summed E-state index contributed by atoms with van der Waals surface area (Å²) in [7, 11) is 1.91. The molecule has 0 aromatic heterocycles. The Kier molecular flexibility index (Phi) is 3.17. The first kappa shape index (κ1) is 10.8. The second-order valence-electron chi connectivity index (χ2n) is 3.64. The number of rotatable bonds is 3. The molecule has 0 fully saturated rings. The molecule has 1 aromatic rings. The molecule has 82 valence electrons. The molecule has 4 heteroatoms. The molecule has 1 aromatic carbocycles. The van der Waals surface area contributed by atoms with Crippen molar-refractivity contribution >= 4 is 15.9 Å². The van der Waals surface area contributed by atoms with Gasteiger partial charge in [0, 0.05) is 6.42 Å². The van der Waals surface area contributed by atoms with Crippen molar-refractivity contribution < 1.29 is 9.84 Å². The van der Waals surface area contributed by atoms with Crippen molar-refractivity contribution in [1.82, 2.24) is 5.32 Å². The van der Waals surface area contributed by atoms with Crippen molar-refractivity contribution in [3.05, 3.63) is 21.7 Å². The van der Waals surface area contributed by atoms with Crippen molar-refractivity contribution in [1.29, 1.82) is 0 Å². The number of likely N-dealkylation sites (N-methyl/N-ethyl adjacent to an activating group) is 1. The van der Waals surface area contributed by atoms with Crippen molar-refractivity contribution in [2.45, 2.75) is 12.8 Å². The average molecular weight is 272 g/mol. The van der Waals surface area contributed by atoms with Crippen LogP contribution < -0.4 is 10.1 Å². The Morgan fingerprint density at radius 3 is 3.13 bits per heavy atom. The third-order valence-corrected chi connectivity index (χ3v) is 3.35. The van der Waals surface area contributed by atoms with Crippen LogP contribution in [0.3, 0.4) is 0 Å².